The number of fused-ring (bicyclic) bond motifs is 1. The molecule has 2 aliphatic rings. The third-order valence-electron chi connectivity index (χ3n) is 7.18. The highest BCUT2D eigenvalue weighted by atomic mass is 16.6. The summed E-state index contributed by atoms with van der Waals surface area (Å²) in [5.41, 5.74) is 3.02. The van der Waals surface area contributed by atoms with Crippen LogP contribution in [0, 0.1) is 11.3 Å². The fraction of sp³-hybridized carbons (Fsp3) is 0.281. The standard InChI is InChI=1S/C32H29N3O7/c33-17-23-6-11-28-25(16-23)18-35(31(28)38)19-29(36)24-7-9-26(10-8-24)40-21-30(37)42-27-12-14-34(15-13-27)32(39)41-20-22-4-2-1-3-5-22/h1-11,16,27H,12-15,18-21H2. The number of ketones is 1. The van der Waals surface area contributed by atoms with E-state index in [2.05, 4.69) is 6.07 Å². The van der Waals surface area contributed by atoms with Gasteiger partial charge in [0.2, 0.25) is 0 Å². The van der Waals surface area contributed by atoms with Crippen molar-refractivity contribution in [1.82, 2.24) is 9.80 Å². The summed E-state index contributed by atoms with van der Waals surface area (Å²) >= 11 is 0. The molecule has 2 amide bonds. The smallest absolute Gasteiger partial charge is 0.410 e. The molecular weight excluding hydrogens is 538 g/mol. The molecule has 0 radical (unpaired) electrons. The molecule has 0 N–H and O–H groups in total. The van der Waals surface area contributed by atoms with E-state index in [1.807, 2.05) is 30.3 Å². The van der Waals surface area contributed by atoms with Crippen molar-refractivity contribution in [3.05, 3.63) is 101 Å². The Labute approximate surface area is 243 Å². The van der Waals surface area contributed by atoms with E-state index in [0.29, 0.717) is 48.4 Å². The molecule has 0 saturated carbocycles. The predicted octanol–water partition coefficient (Wildman–Crippen LogP) is 4.12. The van der Waals surface area contributed by atoms with Gasteiger partial charge >= 0.3 is 12.1 Å². The van der Waals surface area contributed by atoms with Crippen molar-refractivity contribution < 1.29 is 33.4 Å². The lowest BCUT2D eigenvalue weighted by molar-refractivity contribution is -0.153. The van der Waals surface area contributed by atoms with Gasteiger partial charge in [0.1, 0.15) is 18.5 Å². The Morgan fingerprint density at radius 1 is 0.952 bits per heavy atom. The molecule has 0 bridgehead atoms. The van der Waals surface area contributed by atoms with Crippen LogP contribution < -0.4 is 4.74 Å². The summed E-state index contributed by atoms with van der Waals surface area (Å²) in [6.45, 7) is 0.953. The average Bonchev–Trinajstić information content (AvgIpc) is 3.33. The zero-order valence-corrected chi connectivity index (χ0v) is 22.9. The van der Waals surface area contributed by atoms with E-state index >= 15 is 0 Å². The number of nitrogens with zero attached hydrogens (tertiary/aromatic N) is 3. The fourth-order valence-corrected chi connectivity index (χ4v) is 4.91. The topological polar surface area (TPSA) is 126 Å². The Bertz CT molecular complexity index is 1510. The number of rotatable bonds is 9. The van der Waals surface area contributed by atoms with E-state index in [1.165, 1.54) is 4.90 Å². The normalized spacial score (nSPS) is 14.6. The highest BCUT2D eigenvalue weighted by molar-refractivity contribution is 6.04. The lowest BCUT2D eigenvalue weighted by Gasteiger charge is -2.31. The maximum atomic E-state index is 12.8. The molecule has 0 unspecified atom stereocenters. The molecular formula is C32H29N3O7. The maximum absolute atomic E-state index is 12.8. The number of piperidine rings is 1. The van der Waals surface area contributed by atoms with Crippen molar-refractivity contribution in [2.24, 2.45) is 0 Å². The zero-order chi connectivity index (χ0) is 29.5. The Morgan fingerprint density at radius 2 is 1.69 bits per heavy atom. The van der Waals surface area contributed by atoms with Gasteiger partial charge in [0.05, 0.1) is 18.2 Å². The molecule has 10 nitrogen and oxygen atoms in total. The van der Waals surface area contributed by atoms with Crippen molar-refractivity contribution in [3.63, 3.8) is 0 Å². The van der Waals surface area contributed by atoms with Crippen LogP contribution in [0.1, 0.15) is 50.2 Å². The third-order valence-corrected chi connectivity index (χ3v) is 7.18. The lowest BCUT2D eigenvalue weighted by atomic mass is 10.1. The van der Waals surface area contributed by atoms with Crippen LogP contribution in [0.15, 0.2) is 72.8 Å². The van der Waals surface area contributed by atoms with Gasteiger partial charge in [-0.3, -0.25) is 9.59 Å². The second-order valence-electron chi connectivity index (χ2n) is 10.1. The summed E-state index contributed by atoms with van der Waals surface area (Å²) in [6.07, 6.45) is 0.311. The number of carbonyl (C=O) groups excluding carboxylic acids is 4. The molecule has 0 spiro atoms. The summed E-state index contributed by atoms with van der Waals surface area (Å²) in [7, 11) is 0. The lowest BCUT2D eigenvalue weighted by Crippen LogP contribution is -2.42. The molecule has 2 heterocycles. The molecule has 3 aromatic rings. The molecule has 0 aromatic heterocycles. The van der Waals surface area contributed by atoms with Crippen LogP contribution in [0.3, 0.4) is 0 Å². The van der Waals surface area contributed by atoms with E-state index in [0.717, 1.165) is 11.1 Å². The van der Waals surface area contributed by atoms with Gasteiger partial charge in [-0.2, -0.15) is 5.26 Å². The van der Waals surface area contributed by atoms with Crippen molar-refractivity contribution in [1.29, 1.82) is 5.26 Å². The van der Waals surface area contributed by atoms with Crippen molar-refractivity contribution >= 4 is 23.8 Å². The molecule has 1 fully saturated rings. The van der Waals surface area contributed by atoms with E-state index in [9.17, 15) is 19.2 Å². The summed E-state index contributed by atoms with van der Waals surface area (Å²) < 4.78 is 16.4. The van der Waals surface area contributed by atoms with E-state index in [4.69, 9.17) is 19.5 Å². The zero-order valence-electron chi connectivity index (χ0n) is 22.9. The highest BCUT2D eigenvalue weighted by Gasteiger charge is 2.29. The molecule has 10 heteroatoms. The summed E-state index contributed by atoms with van der Waals surface area (Å²) in [5, 5.41) is 9.07. The summed E-state index contributed by atoms with van der Waals surface area (Å²) in [4.78, 5) is 53.1. The van der Waals surface area contributed by atoms with Crippen molar-refractivity contribution in [2.75, 3.05) is 26.2 Å². The van der Waals surface area contributed by atoms with Gasteiger partial charge in [-0.1, -0.05) is 30.3 Å². The van der Waals surface area contributed by atoms with E-state index < -0.39 is 5.97 Å². The second kappa shape index (κ2) is 13.0. The first-order valence-corrected chi connectivity index (χ1v) is 13.6. The minimum Gasteiger partial charge on any atom is -0.482 e. The summed E-state index contributed by atoms with van der Waals surface area (Å²) in [5.74, 6) is -0.604. The SMILES string of the molecule is N#Cc1ccc2c(c1)CN(CC(=O)c1ccc(OCC(=O)OC3CCN(C(=O)OCc4ccccc4)CC3)cc1)C2=O. The monoisotopic (exact) mass is 567 g/mol. The molecule has 1 saturated heterocycles. The number of hydrogen-bond donors (Lipinski definition) is 0. The van der Waals surface area contributed by atoms with Crippen LogP contribution in [0.5, 0.6) is 5.75 Å². The molecule has 3 aromatic carbocycles. The van der Waals surface area contributed by atoms with Crippen LogP contribution in [0.25, 0.3) is 0 Å². The first-order valence-electron chi connectivity index (χ1n) is 13.6. The number of nitriles is 1. The van der Waals surface area contributed by atoms with Gasteiger partial charge < -0.3 is 24.0 Å². The first-order chi connectivity index (χ1) is 20.4. The van der Waals surface area contributed by atoms with Crippen LogP contribution in [-0.4, -0.2) is 65.9 Å². The summed E-state index contributed by atoms with van der Waals surface area (Å²) in [6, 6.07) is 22.7. The van der Waals surface area contributed by atoms with Gasteiger partial charge in [-0.05, 0) is 53.6 Å². The van der Waals surface area contributed by atoms with E-state index in [-0.39, 0.29) is 50.2 Å². The minimum atomic E-state index is -0.521. The molecule has 2 aliphatic heterocycles. The van der Waals surface area contributed by atoms with Crippen molar-refractivity contribution in [2.45, 2.75) is 32.1 Å². The number of amides is 2. The van der Waals surface area contributed by atoms with Crippen LogP contribution >= 0.6 is 0 Å². The number of ether oxygens (including phenoxy) is 3. The minimum absolute atomic E-state index is 0.0918. The number of esters is 1. The van der Waals surface area contributed by atoms with Crippen LogP contribution in [0.4, 0.5) is 4.79 Å². The molecule has 42 heavy (non-hydrogen) atoms. The van der Waals surface area contributed by atoms with Gasteiger partial charge in [-0.25, -0.2) is 9.59 Å². The second-order valence-corrected chi connectivity index (χ2v) is 10.1. The number of carbonyl (C=O) groups is 4. The van der Waals surface area contributed by atoms with Gasteiger partial charge in [0.15, 0.2) is 12.4 Å². The van der Waals surface area contributed by atoms with Crippen molar-refractivity contribution in [3.8, 4) is 11.8 Å². The largest absolute Gasteiger partial charge is 0.482 e. The predicted molar refractivity (Wildman–Crippen MR) is 149 cm³/mol. The van der Waals surface area contributed by atoms with Crippen LogP contribution in [0.2, 0.25) is 0 Å². The highest BCUT2D eigenvalue weighted by Crippen LogP contribution is 2.24. The fourth-order valence-electron chi connectivity index (χ4n) is 4.91. The quantitative estimate of drug-likeness (QED) is 0.279. The molecule has 0 atom stereocenters. The number of hydrogen-bond acceptors (Lipinski definition) is 8. The van der Waals surface area contributed by atoms with E-state index in [1.54, 1.807) is 47.4 Å². The Morgan fingerprint density at radius 3 is 2.40 bits per heavy atom. The van der Waals surface area contributed by atoms with Gasteiger partial charge in [-0.15, -0.1) is 0 Å². The average molecular weight is 568 g/mol. The Hall–Kier alpha value is -5.17. The van der Waals surface area contributed by atoms with Gasteiger partial charge in [0.25, 0.3) is 5.91 Å². The Balaban J connectivity index is 1.02. The molecule has 0 aliphatic carbocycles. The first kappa shape index (κ1) is 28.4. The Kier molecular flexibility index (Phi) is 8.78. The number of Topliss-reactive ketones (excluding diaryl/α,β-unsaturated/α-hetero) is 1. The van der Waals surface area contributed by atoms with Crippen LogP contribution in [-0.2, 0) is 27.4 Å². The molecule has 5 rings (SSSR count). The third kappa shape index (κ3) is 6.93. The maximum Gasteiger partial charge on any atom is 0.410 e. The van der Waals surface area contributed by atoms with Gasteiger partial charge in [0, 0.05) is 43.6 Å². The molecule has 214 valence electrons. The number of benzene rings is 3. The number of likely N-dealkylation sites (tertiary alicyclic amines) is 1.